The lowest BCUT2D eigenvalue weighted by Crippen LogP contribution is -2.12. The molecular formula is C11H11NO5S. The van der Waals surface area contributed by atoms with Crippen LogP contribution in [0.5, 0.6) is 5.75 Å². The molecule has 2 aromatic rings. The van der Waals surface area contributed by atoms with Crippen molar-refractivity contribution in [3.63, 3.8) is 0 Å². The van der Waals surface area contributed by atoms with Gasteiger partial charge in [0.2, 0.25) is 0 Å². The zero-order valence-corrected chi connectivity index (χ0v) is 10.1. The maximum atomic E-state index is 11.1. The molecule has 0 radical (unpaired) electrons. The van der Waals surface area contributed by atoms with E-state index in [4.69, 9.17) is 15.3 Å². The summed E-state index contributed by atoms with van der Waals surface area (Å²) in [5, 5.41) is 18.4. The van der Waals surface area contributed by atoms with Crippen molar-refractivity contribution in [3.05, 3.63) is 27.4 Å². The number of phenols is 1. The molecule has 7 heteroatoms. The summed E-state index contributed by atoms with van der Waals surface area (Å²) in [6.07, 6.45) is 0.106. The first kappa shape index (κ1) is 12.6. The maximum Gasteiger partial charge on any atom is 0.396 e. The van der Waals surface area contributed by atoms with Crippen molar-refractivity contribution >= 4 is 27.6 Å². The molecule has 6 nitrogen and oxygen atoms in total. The number of nitrogens with two attached hydrogens (primary N) is 1. The van der Waals surface area contributed by atoms with Gasteiger partial charge in [-0.15, -0.1) is 0 Å². The van der Waals surface area contributed by atoms with Gasteiger partial charge in [-0.05, 0) is 12.5 Å². The lowest BCUT2D eigenvalue weighted by atomic mass is 10.0. The van der Waals surface area contributed by atoms with E-state index in [0.29, 0.717) is 15.8 Å². The molecule has 1 atom stereocenters. The van der Waals surface area contributed by atoms with E-state index in [2.05, 4.69) is 0 Å². The molecule has 1 aromatic heterocycles. The highest BCUT2D eigenvalue weighted by Gasteiger charge is 2.15. The van der Waals surface area contributed by atoms with Crippen LogP contribution in [0.15, 0.2) is 21.3 Å². The van der Waals surface area contributed by atoms with Crippen molar-refractivity contribution in [1.82, 2.24) is 0 Å². The number of benzene rings is 1. The van der Waals surface area contributed by atoms with Crippen molar-refractivity contribution in [2.24, 2.45) is 5.73 Å². The van der Waals surface area contributed by atoms with Gasteiger partial charge < -0.3 is 20.4 Å². The number of hydrogen-bond donors (Lipinski definition) is 3. The first-order chi connectivity index (χ1) is 8.47. The Balaban J connectivity index is 2.34. The van der Waals surface area contributed by atoms with Gasteiger partial charge in [0.25, 0.3) is 0 Å². The Morgan fingerprint density at radius 1 is 1.50 bits per heavy atom. The zero-order chi connectivity index (χ0) is 13.3. The Bertz CT molecular complexity index is 644. The first-order valence-corrected chi connectivity index (χ1v) is 6.03. The number of carboxylic acids is 1. The van der Waals surface area contributed by atoms with Crippen LogP contribution in [0.3, 0.4) is 0 Å². The van der Waals surface area contributed by atoms with Gasteiger partial charge in [-0.25, -0.2) is 4.79 Å². The van der Waals surface area contributed by atoms with E-state index >= 15 is 0 Å². The predicted molar refractivity (Wildman–Crippen MR) is 65.8 cm³/mol. The number of aromatic hydroxyl groups is 1. The van der Waals surface area contributed by atoms with Crippen LogP contribution in [-0.4, -0.2) is 16.2 Å². The van der Waals surface area contributed by atoms with E-state index < -0.39 is 17.0 Å². The summed E-state index contributed by atoms with van der Waals surface area (Å²) in [4.78, 5) is 21.1. The lowest BCUT2D eigenvalue weighted by Gasteiger charge is -2.12. The fourth-order valence-electron chi connectivity index (χ4n) is 1.66. The van der Waals surface area contributed by atoms with Crippen molar-refractivity contribution in [2.45, 2.75) is 18.9 Å². The van der Waals surface area contributed by atoms with E-state index in [0.717, 1.165) is 11.3 Å². The van der Waals surface area contributed by atoms with Crippen molar-refractivity contribution in [2.75, 3.05) is 0 Å². The Morgan fingerprint density at radius 2 is 2.22 bits per heavy atom. The second-order valence-electron chi connectivity index (χ2n) is 3.85. The molecule has 0 amide bonds. The number of hydrogen-bond acceptors (Lipinski definition) is 6. The predicted octanol–water partition coefficient (Wildman–Crippen LogP) is 1.42. The number of carbonyl (C=O) groups is 1. The fraction of sp³-hybridized carbons (Fsp3) is 0.273. The summed E-state index contributed by atoms with van der Waals surface area (Å²) >= 11 is 0.888. The number of rotatable bonds is 4. The highest BCUT2D eigenvalue weighted by Crippen LogP contribution is 2.31. The zero-order valence-electron chi connectivity index (χ0n) is 9.25. The van der Waals surface area contributed by atoms with Crippen LogP contribution in [0.25, 0.3) is 10.3 Å². The minimum Gasteiger partial charge on any atom is -0.508 e. The van der Waals surface area contributed by atoms with Crippen LogP contribution in [0.2, 0.25) is 0 Å². The van der Waals surface area contributed by atoms with Gasteiger partial charge in [0.05, 0.1) is 4.70 Å². The van der Waals surface area contributed by atoms with E-state index in [1.807, 2.05) is 0 Å². The monoisotopic (exact) mass is 269 g/mol. The smallest absolute Gasteiger partial charge is 0.396 e. The molecule has 2 rings (SSSR count). The summed E-state index contributed by atoms with van der Waals surface area (Å²) in [6.45, 7) is 0. The number of phenolic OH excluding ortho intramolecular Hbond substituents is 1. The van der Waals surface area contributed by atoms with Crippen LogP contribution in [0.4, 0.5) is 0 Å². The van der Waals surface area contributed by atoms with Crippen LogP contribution in [-0.2, 0) is 4.79 Å². The number of fused-ring (bicyclic) bond motifs is 1. The van der Waals surface area contributed by atoms with Crippen molar-refractivity contribution < 1.29 is 19.4 Å². The van der Waals surface area contributed by atoms with E-state index in [9.17, 15) is 14.7 Å². The summed E-state index contributed by atoms with van der Waals surface area (Å²) in [5.41, 5.74) is 6.53. The largest absolute Gasteiger partial charge is 0.508 e. The Labute approximate surface area is 105 Å². The minimum absolute atomic E-state index is 0.0579. The van der Waals surface area contributed by atoms with Crippen molar-refractivity contribution in [1.29, 1.82) is 0 Å². The second kappa shape index (κ2) is 4.79. The Hall–Kier alpha value is -1.86. The third-order valence-electron chi connectivity index (χ3n) is 2.55. The third-order valence-corrected chi connectivity index (χ3v) is 3.34. The molecule has 0 aliphatic rings. The first-order valence-electron chi connectivity index (χ1n) is 5.21. The summed E-state index contributed by atoms with van der Waals surface area (Å²) in [5.74, 6) is -1.01. The Morgan fingerprint density at radius 3 is 2.89 bits per heavy atom. The van der Waals surface area contributed by atoms with Gasteiger partial charge in [0.15, 0.2) is 0 Å². The van der Waals surface area contributed by atoms with Gasteiger partial charge in [-0.1, -0.05) is 11.3 Å². The lowest BCUT2D eigenvalue weighted by molar-refractivity contribution is -0.137. The standard InChI is InChI=1S/C11H11NO5S/c12-6(1-2-10(14)15)5-3-8-9(4-7(5)13)18-11(16)17-8/h3-4,6,13H,1-2,12H2,(H,14,15). The molecule has 0 aliphatic carbocycles. The quantitative estimate of drug-likeness (QED) is 0.773. The highest BCUT2D eigenvalue weighted by atomic mass is 32.1. The SMILES string of the molecule is NC(CCC(=O)O)c1cc2oc(=O)sc2cc1O. The molecule has 96 valence electrons. The second-order valence-corrected chi connectivity index (χ2v) is 4.83. The molecule has 0 fully saturated rings. The van der Waals surface area contributed by atoms with Crippen LogP contribution in [0.1, 0.15) is 24.4 Å². The van der Waals surface area contributed by atoms with Crippen LogP contribution < -0.4 is 10.7 Å². The van der Waals surface area contributed by atoms with E-state index in [1.165, 1.54) is 12.1 Å². The summed E-state index contributed by atoms with van der Waals surface area (Å²) < 4.78 is 5.45. The van der Waals surface area contributed by atoms with Gasteiger partial charge in [-0.2, -0.15) is 0 Å². The Kier molecular flexibility index (Phi) is 3.35. The average Bonchev–Trinajstić information content (AvgIpc) is 2.64. The third kappa shape index (κ3) is 2.52. The molecule has 4 N–H and O–H groups in total. The average molecular weight is 269 g/mol. The molecule has 0 spiro atoms. The number of carboxylic acid groups (broad SMARTS) is 1. The van der Waals surface area contributed by atoms with Crippen molar-refractivity contribution in [3.8, 4) is 5.75 Å². The van der Waals surface area contributed by atoms with Gasteiger partial charge in [0, 0.05) is 24.1 Å². The molecule has 0 bridgehead atoms. The topological polar surface area (TPSA) is 114 Å². The fourth-order valence-corrected chi connectivity index (χ4v) is 2.34. The highest BCUT2D eigenvalue weighted by molar-refractivity contribution is 7.16. The summed E-state index contributed by atoms with van der Waals surface area (Å²) in [7, 11) is 0. The minimum atomic E-state index is -0.951. The van der Waals surface area contributed by atoms with Crippen LogP contribution >= 0.6 is 11.3 Å². The van der Waals surface area contributed by atoms with E-state index in [1.54, 1.807) is 0 Å². The molecular weight excluding hydrogens is 258 g/mol. The van der Waals surface area contributed by atoms with Crippen LogP contribution in [0, 0.1) is 0 Å². The van der Waals surface area contributed by atoms with Gasteiger partial charge in [-0.3, -0.25) is 4.79 Å². The molecule has 0 saturated heterocycles. The molecule has 1 aromatic carbocycles. The molecule has 0 aliphatic heterocycles. The molecule has 1 unspecified atom stereocenters. The van der Waals surface area contributed by atoms with E-state index in [-0.39, 0.29) is 18.6 Å². The van der Waals surface area contributed by atoms with Gasteiger partial charge in [0.1, 0.15) is 11.3 Å². The van der Waals surface area contributed by atoms with Gasteiger partial charge >= 0.3 is 10.9 Å². The number of aliphatic carboxylic acids is 1. The molecule has 18 heavy (non-hydrogen) atoms. The maximum absolute atomic E-state index is 11.1. The summed E-state index contributed by atoms with van der Waals surface area (Å²) in [6, 6.07) is 2.27. The molecule has 1 heterocycles. The molecule has 0 saturated carbocycles. The normalized spacial score (nSPS) is 12.7.